The summed E-state index contributed by atoms with van der Waals surface area (Å²) < 4.78 is 60.8. The lowest BCUT2D eigenvalue weighted by Gasteiger charge is -2.36. The number of hydrogen-bond donors (Lipinski definition) is 3. The monoisotopic (exact) mass is 658 g/mol. The molecule has 4 N–H and O–H groups in total. The largest absolute Gasteiger partial charge is 0.593 e. The minimum absolute atomic E-state index is 0.149. The van der Waals surface area contributed by atoms with Crippen LogP contribution in [0.1, 0.15) is 74.3 Å². The first kappa shape index (κ1) is 35.4. The maximum absolute atomic E-state index is 13.8. The number of nitrogens with zero attached hydrogens (tertiary/aromatic N) is 1. The predicted molar refractivity (Wildman–Crippen MR) is 178 cm³/mol. The molecule has 1 aliphatic rings. The maximum Gasteiger partial charge on any atom is 0.390 e. The van der Waals surface area contributed by atoms with Gasteiger partial charge in [-0.15, -0.1) is 4.31 Å². The van der Waals surface area contributed by atoms with Crippen molar-refractivity contribution in [3.8, 4) is 5.75 Å². The van der Waals surface area contributed by atoms with Crippen LogP contribution in [0, 0.1) is 19.3 Å². The molecule has 11 heteroatoms. The highest BCUT2D eigenvalue weighted by Gasteiger charge is 2.41. The Morgan fingerprint density at radius 2 is 1.85 bits per heavy atom. The number of benzene rings is 3. The van der Waals surface area contributed by atoms with Crippen LogP contribution in [-0.4, -0.2) is 46.7 Å². The first-order valence-corrected chi connectivity index (χ1v) is 16.8. The number of nitrogens with two attached hydrogens (primary N) is 1. The lowest BCUT2D eigenvalue weighted by molar-refractivity contribution is -0.138. The molecule has 250 valence electrons. The third-order valence-corrected chi connectivity index (χ3v) is 10.2. The molecule has 46 heavy (non-hydrogen) atoms. The zero-order valence-corrected chi connectivity index (χ0v) is 28.2. The molecule has 0 bridgehead atoms. The molecule has 1 aliphatic heterocycles. The highest BCUT2D eigenvalue weighted by Crippen LogP contribution is 2.45. The number of rotatable bonds is 11. The molecule has 0 aliphatic carbocycles. The minimum atomic E-state index is -4.38. The van der Waals surface area contributed by atoms with Gasteiger partial charge < -0.3 is 25.7 Å². The summed E-state index contributed by atoms with van der Waals surface area (Å²) in [5.41, 5.74) is 11.0. The zero-order valence-electron chi connectivity index (χ0n) is 27.4. The second-order valence-electron chi connectivity index (χ2n) is 12.4. The van der Waals surface area contributed by atoms with Crippen molar-refractivity contribution in [1.29, 1.82) is 0 Å². The molecule has 1 heterocycles. The van der Waals surface area contributed by atoms with Crippen molar-refractivity contribution in [2.24, 2.45) is 5.41 Å². The van der Waals surface area contributed by atoms with Gasteiger partial charge in [0.1, 0.15) is 6.10 Å². The maximum atomic E-state index is 13.8. The number of anilines is 2. The second kappa shape index (κ2) is 14.6. The van der Waals surface area contributed by atoms with Crippen LogP contribution in [0.15, 0.2) is 59.5 Å². The van der Waals surface area contributed by atoms with E-state index >= 15 is 0 Å². The van der Waals surface area contributed by atoms with E-state index in [1.807, 2.05) is 86.6 Å². The summed E-state index contributed by atoms with van der Waals surface area (Å²) in [4.78, 5) is 14.3. The van der Waals surface area contributed by atoms with Crippen LogP contribution >= 0.6 is 0 Å². The molecule has 3 aromatic rings. The van der Waals surface area contributed by atoms with Crippen LogP contribution in [-0.2, 0) is 22.7 Å². The number of carbonyl (C=O) groups excluding carboxylic acids is 1. The summed E-state index contributed by atoms with van der Waals surface area (Å²) in [6.07, 6.45) is -4.91. The fourth-order valence-corrected chi connectivity index (χ4v) is 7.29. The molecule has 3 aromatic carbocycles. The van der Waals surface area contributed by atoms with Crippen LogP contribution in [0.25, 0.3) is 0 Å². The first-order valence-electron chi connectivity index (χ1n) is 15.7. The molecule has 0 saturated carbocycles. The van der Waals surface area contributed by atoms with Gasteiger partial charge in [0.05, 0.1) is 47.7 Å². The Bertz CT molecular complexity index is 1530. The molecule has 2 unspecified atom stereocenters. The Hall–Kier alpha value is -3.41. The van der Waals surface area contributed by atoms with Gasteiger partial charge >= 0.3 is 6.18 Å². The van der Waals surface area contributed by atoms with Crippen molar-refractivity contribution in [1.82, 2.24) is 9.62 Å². The van der Waals surface area contributed by atoms with Crippen molar-refractivity contribution in [3.05, 3.63) is 82.4 Å². The van der Waals surface area contributed by atoms with Crippen LogP contribution in [0.4, 0.5) is 24.5 Å². The van der Waals surface area contributed by atoms with Crippen molar-refractivity contribution in [2.45, 2.75) is 84.0 Å². The third kappa shape index (κ3) is 7.93. The topological polar surface area (TPSA) is 103 Å². The number of para-hydroxylation sites is 1. The smallest absolute Gasteiger partial charge is 0.390 e. The summed E-state index contributed by atoms with van der Waals surface area (Å²) in [5, 5.41) is 5.78. The van der Waals surface area contributed by atoms with E-state index in [-0.39, 0.29) is 6.10 Å². The molecule has 0 radical (unpaired) electrons. The number of ether oxygens (including phenoxy) is 1. The number of aryl methyl sites for hydroxylation is 1. The van der Waals surface area contributed by atoms with Gasteiger partial charge in [0.2, 0.25) is 10.8 Å². The van der Waals surface area contributed by atoms with Crippen LogP contribution in [0.5, 0.6) is 5.75 Å². The quantitative estimate of drug-likeness (QED) is 0.148. The number of amides is 1. The molecule has 0 aromatic heterocycles. The molecule has 0 saturated heterocycles. The first-order chi connectivity index (χ1) is 21.7. The van der Waals surface area contributed by atoms with Gasteiger partial charge in [-0.1, -0.05) is 57.2 Å². The fraction of sp³-hybridized carbons (Fsp3) is 0.457. The normalized spacial score (nSPS) is 17.9. The Labute approximate surface area is 273 Å². The van der Waals surface area contributed by atoms with E-state index in [1.54, 1.807) is 13.8 Å². The molecule has 4 rings (SSSR count). The Balaban J connectivity index is 1.77. The number of halogens is 3. The Morgan fingerprint density at radius 1 is 1.13 bits per heavy atom. The van der Waals surface area contributed by atoms with E-state index in [4.69, 9.17) is 10.5 Å². The van der Waals surface area contributed by atoms with Gasteiger partial charge in [0, 0.05) is 19.0 Å². The van der Waals surface area contributed by atoms with Gasteiger partial charge in [-0.2, -0.15) is 13.2 Å². The van der Waals surface area contributed by atoms with Gasteiger partial charge in [0.25, 0.3) is 0 Å². The van der Waals surface area contributed by atoms with Crippen LogP contribution in [0.2, 0.25) is 0 Å². The molecular formula is C35H45F3N4O3S. The Morgan fingerprint density at radius 3 is 2.52 bits per heavy atom. The van der Waals surface area contributed by atoms with Crippen LogP contribution in [0.3, 0.4) is 0 Å². The van der Waals surface area contributed by atoms with Crippen molar-refractivity contribution in [3.63, 3.8) is 0 Å². The second-order valence-corrected chi connectivity index (χ2v) is 13.9. The third-order valence-electron chi connectivity index (χ3n) is 8.72. The summed E-state index contributed by atoms with van der Waals surface area (Å²) in [6.45, 7) is 12.4. The molecule has 0 fully saturated rings. The van der Waals surface area contributed by atoms with Gasteiger partial charge in [-0.05, 0) is 73.2 Å². The predicted octanol–water partition coefficient (Wildman–Crippen LogP) is 7.24. The average Bonchev–Trinajstić information content (AvgIpc) is 3.13. The van der Waals surface area contributed by atoms with E-state index in [2.05, 4.69) is 10.6 Å². The Kier molecular flexibility index (Phi) is 11.2. The number of nitrogens with one attached hydrogen (secondary N) is 2. The van der Waals surface area contributed by atoms with Crippen LogP contribution < -0.4 is 21.1 Å². The minimum Gasteiger partial charge on any atom is -0.593 e. The molecular weight excluding hydrogens is 613 g/mol. The van der Waals surface area contributed by atoms with E-state index < -0.39 is 47.7 Å². The van der Waals surface area contributed by atoms with Gasteiger partial charge in [-0.3, -0.25) is 4.79 Å². The van der Waals surface area contributed by atoms with Crippen molar-refractivity contribution >= 4 is 28.6 Å². The summed E-state index contributed by atoms with van der Waals surface area (Å²) in [6, 6.07) is 17.1. The molecule has 3 atom stereocenters. The number of carbonyl (C=O) groups is 1. The van der Waals surface area contributed by atoms with E-state index in [0.717, 1.165) is 39.9 Å². The molecule has 7 nitrogen and oxygen atoms in total. The molecule has 0 spiro atoms. The van der Waals surface area contributed by atoms with E-state index in [9.17, 15) is 22.5 Å². The fourth-order valence-electron chi connectivity index (χ4n) is 5.97. The SMILES string of the molecule is CCNc1ccc(C(c2ccc(C)c(CN3C[C@@H](CC)Oc4ccccc4[S+]3[O-])c2)C(C)(C)C(=O)NCCC(F)(F)F)c(C)c1N. The number of hydrogen-bond acceptors (Lipinski definition) is 6. The average molecular weight is 659 g/mol. The van der Waals surface area contributed by atoms with Crippen molar-refractivity contribution < 1.29 is 27.3 Å². The zero-order chi connectivity index (χ0) is 33.8. The van der Waals surface area contributed by atoms with Crippen molar-refractivity contribution in [2.75, 3.05) is 30.7 Å². The lowest BCUT2D eigenvalue weighted by Crippen LogP contribution is -2.42. The number of alkyl halides is 3. The highest BCUT2D eigenvalue weighted by atomic mass is 32.2. The lowest BCUT2D eigenvalue weighted by atomic mass is 9.69. The standard InChI is InChI=1S/C35H45F3N4O3S/c1-7-26-21-42(46(44)30-12-10-9-11-29(30)45-26)20-25-19-24(14-13-22(25)3)31(27-15-16-28(40-8-2)32(39)23(27)4)34(5,6)33(43)41-18-17-35(36,37)38/h9-16,19,26,31,40H,7-8,17-18,20-21,39H2,1-6H3,(H,41,43)/t26-,31?,46?/m1/s1. The molecule has 1 amide bonds. The summed E-state index contributed by atoms with van der Waals surface area (Å²) in [5.74, 6) is -0.434. The van der Waals surface area contributed by atoms with E-state index in [0.29, 0.717) is 36.0 Å². The van der Waals surface area contributed by atoms with Gasteiger partial charge in [0.15, 0.2) is 5.75 Å². The van der Waals surface area contributed by atoms with Gasteiger partial charge in [-0.25, -0.2) is 0 Å². The summed E-state index contributed by atoms with van der Waals surface area (Å²) >= 11 is -1.47. The number of fused-ring (bicyclic) bond motifs is 1. The van der Waals surface area contributed by atoms with E-state index in [1.165, 1.54) is 0 Å². The summed E-state index contributed by atoms with van der Waals surface area (Å²) in [7, 11) is 0. The number of nitrogen functional groups attached to an aromatic ring is 1. The highest BCUT2D eigenvalue weighted by molar-refractivity contribution is 7.89.